The third-order valence-electron chi connectivity index (χ3n) is 3.74. The highest BCUT2D eigenvalue weighted by atomic mass is 16.5. The number of rotatable bonds is 8. The van der Waals surface area contributed by atoms with Crippen LogP contribution in [-0.4, -0.2) is 65.1 Å². The number of amides is 1. The summed E-state index contributed by atoms with van der Waals surface area (Å²) in [4.78, 5) is 20.6. The lowest BCUT2D eigenvalue weighted by molar-refractivity contribution is -0.122. The van der Waals surface area contributed by atoms with E-state index in [-0.39, 0.29) is 5.91 Å². The molecule has 1 saturated heterocycles. The van der Waals surface area contributed by atoms with E-state index in [0.29, 0.717) is 31.4 Å². The highest BCUT2D eigenvalue weighted by Gasteiger charge is 2.20. The topological polar surface area (TPSA) is 74.5 Å². The minimum absolute atomic E-state index is 0.0496. The summed E-state index contributed by atoms with van der Waals surface area (Å²) < 4.78 is 5.31. The van der Waals surface area contributed by atoms with Crippen molar-refractivity contribution in [3.05, 3.63) is 24.4 Å². The maximum atomic E-state index is 11.7. The number of nitrogens with zero attached hydrogens (tertiary/aromatic N) is 4. The van der Waals surface area contributed by atoms with Crippen LogP contribution in [0.4, 0.5) is 0 Å². The molecule has 23 heavy (non-hydrogen) atoms. The Balaban J connectivity index is 1.71. The van der Waals surface area contributed by atoms with Gasteiger partial charge in [-0.15, -0.1) is 6.58 Å². The van der Waals surface area contributed by atoms with Gasteiger partial charge in [0.15, 0.2) is 5.82 Å². The number of hydrogen-bond acceptors (Lipinski definition) is 6. The summed E-state index contributed by atoms with van der Waals surface area (Å²) in [5.41, 5.74) is 0. The van der Waals surface area contributed by atoms with Gasteiger partial charge in [0.25, 0.3) is 0 Å². The summed E-state index contributed by atoms with van der Waals surface area (Å²) >= 11 is 0. The van der Waals surface area contributed by atoms with Gasteiger partial charge in [-0.05, 0) is 5.92 Å². The van der Waals surface area contributed by atoms with Crippen LogP contribution in [0.2, 0.25) is 0 Å². The Bertz CT molecular complexity index is 506. The maximum absolute atomic E-state index is 11.7. The van der Waals surface area contributed by atoms with E-state index in [1.807, 2.05) is 0 Å². The minimum atomic E-state index is 0.0496. The molecule has 1 aliphatic rings. The Morgan fingerprint density at radius 1 is 1.35 bits per heavy atom. The van der Waals surface area contributed by atoms with Crippen molar-refractivity contribution in [3.63, 3.8) is 0 Å². The van der Waals surface area contributed by atoms with Crippen LogP contribution < -0.4 is 5.32 Å². The number of aromatic nitrogens is 2. The molecule has 0 saturated carbocycles. The van der Waals surface area contributed by atoms with Crippen LogP contribution in [0.5, 0.6) is 0 Å². The zero-order valence-electron chi connectivity index (χ0n) is 14.1. The van der Waals surface area contributed by atoms with E-state index in [4.69, 9.17) is 4.52 Å². The van der Waals surface area contributed by atoms with E-state index >= 15 is 0 Å². The van der Waals surface area contributed by atoms with Crippen LogP contribution in [-0.2, 0) is 17.8 Å². The number of nitrogens with one attached hydrogen (secondary N) is 1. The fourth-order valence-electron chi connectivity index (χ4n) is 2.54. The van der Waals surface area contributed by atoms with Crippen molar-refractivity contribution in [1.29, 1.82) is 0 Å². The quantitative estimate of drug-likeness (QED) is 0.710. The van der Waals surface area contributed by atoms with Gasteiger partial charge in [-0.2, -0.15) is 4.98 Å². The molecule has 0 radical (unpaired) electrons. The van der Waals surface area contributed by atoms with Crippen LogP contribution in [0.3, 0.4) is 0 Å². The Labute approximate surface area is 137 Å². The number of piperazine rings is 1. The van der Waals surface area contributed by atoms with Crippen molar-refractivity contribution in [2.75, 3.05) is 39.3 Å². The fraction of sp³-hybridized carbons (Fsp3) is 0.688. The van der Waals surface area contributed by atoms with Crippen LogP contribution in [0.1, 0.15) is 25.6 Å². The molecule has 1 amide bonds. The molecule has 0 spiro atoms. The Morgan fingerprint density at radius 2 is 2.04 bits per heavy atom. The van der Waals surface area contributed by atoms with Gasteiger partial charge in [-0.25, -0.2) is 0 Å². The first-order valence-electron chi connectivity index (χ1n) is 8.20. The molecule has 2 heterocycles. The highest BCUT2D eigenvalue weighted by Crippen LogP contribution is 2.09. The summed E-state index contributed by atoms with van der Waals surface area (Å²) in [5.74, 6) is 2.04. The predicted octanol–water partition coefficient (Wildman–Crippen LogP) is 0.688. The van der Waals surface area contributed by atoms with E-state index in [2.05, 4.69) is 45.7 Å². The largest absolute Gasteiger partial charge is 0.352 e. The highest BCUT2D eigenvalue weighted by molar-refractivity contribution is 5.78. The lowest BCUT2D eigenvalue weighted by Crippen LogP contribution is -2.49. The zero-order valence-corrected chi connectivity index (χ0v) is 14.1. The van der Waals surface area contributed by atoms with Crippen molar-refractivity contribution < 1.29 is 9.32 Å². The second-order valence-corrected chi connectivity index (χ2v) is 6.35. The molecule has 1 fully saturated rings. The molecule has 128 valence electrons. The molecule has 7 nitrogen and oxygen atoms in total. The van der Waals surface area contributed by atoms with Crippen molar-refractivity contribution in [1.82, 2.24) is 25.3 Å². The lowest BCUT2D eigenvalue weighted by atomic mass is 10.1. The average Bonchev–Trinajstić information content (AvgIpc) is 2.93. The number of carbonyl (C=O) groups is 1. The normalized spacial score (nSPS) is 16.7. The second-order valence-electron chi connectivity index (χ2n) is 6.35. The molecule has 0 bridgehead atoms. The molecule has 0 atom stereocenters. The summed E-state index contributed by atoms with van der Waals surface area (Å²) in [6.07, 6.45) is 2.53. The van der Waals surface area contributed by atoms with Crippen molar-refractivity contribution in [2.45, 2.75) is 26.8 Å². The standard InChI is InChI=1S/C16H27N5O2/c1-4-5-17-15(22)11-20-6-8-21(9-7-20)12-16-18-14(19-23-16)10-13(2)3/h4,13H,1,5-12H2,2-3H3,(H,17,22). The van der Waals surface area contributed by atoms with E-state index < -0.39 is 0 Å². The van der Waals surface area contributed by atoms with Gasteiger partial charge in [0.05, 0.1) is 13.1 Å². The molecule has 1 aromatic heterocycles. The molecule has 1 aromatic rings. The Hall–Kier alpha value is -1.73. The Kier molecular flexibility index (Phi) is 6.73. The van der Waals surface area contributed by atoms with Gasteiger partial charge in [0.1, 0.15) is 0 Å². The maximum Gasteiger partial charge on any atom is 0.240 e. The van der Waals surface area contributed by atoms with Crippen LogP contribution in [0.25, 0.3) is 0 Å². The number of carbonyl (C=O) groups excluding carboxylic acids is 1. The summed E-state index contributed by atoms with van der Waals surface area (Å²) in [7, 11) is 0. The van der Waals surface area contributed by atoms with Gasteiger partial charge in [0, 0.05) is 39.1 Å². The first-order chi connectivity index (χ1) is 11.1. The van der Waals surface area contributed by atoms with Crippen molar-refractivity contribution in [2.24, 2.45) is 5.92 Å². The van der Waals surface area contributed by atoms with Crippen LogP contribution >= 0.6 is 0 Å². The summed E-state index contributed by atoms with van der Waals surface area (Å²) in [6, 6.07) is 0. The number of hydrogen-bond donors (Lipinski definition) is 1. The molecule has 0 aromatic carbocycles. The van der Waals surface area contributed by atoms with Crippen LogP contribution in [0, 0.1) is 5.92 Å². The second kappa shape index (κ2) is 8.79. The smallest absolute Gasteiger partial charge is 0.240 e. The fourth-order valence-corrected chi connectivity index (χ4v) is 2.54. The van der Waals surface area contributed by atoms with Crippen molar-refractivity contribution in [3.8, 4) is 0 Å². The van der Waals surface area contributed by atoms with Gasteiger partial charge < -0.3 is 9.84 Å². The third kappa shape index (κ3) is 6.11. The molecule has 0 aliphatic carbocycles. The molecule has 7 heteroatoms. The summed E-state index contributed by atoms with van der Waals surface area (Å²) in [6.45, 7) is 13.1. The van der Waals surface area contributed by atoms with Gasteiger partial charge in [0.2, 0.25) is 11.8 Å². The lowest BCUT2D eigenvalue weighted by Gasteiger charge is -2.33. The first-order valence-corrected chi connectivity index (χ1v) is 8.20. The van der Waals surface area contributed by atoms with Gasteiger partial charge in [-0.1, -0.05) is 25.1 Å². The first kappa shape index (κ1) is 17.6. The Morgan fingerprint density at radius 3 is 2.70 bits per heavy atom. The molecule has 0 unspecified atom stereocenters. The van der Waals surface area contributed by atoms with E-state index in [9.17, 15) is 4.79 Å². The molecule has 1 N–H and O–H groups in total. The van der Waals surface area contributed by atoms with Gasteiger partial charge in [-0.3, -0.25) is 14.6 Å². The molecular weight excluding hydrogens is 294 g/mol. The molecular formula is C16H27N5O2. The van der Waals surface area contributed by atoms with E-state index in [0.717, 1.165) is 38.4 Å². The third-order valence-corrected chi connectivity index (χ3v) is 3.74. The van der Waals surface area contributed by atoms with E-state index in [1.54, 1.807) is 6.08 Å². The van der Waals surface area contributed by atoms with E-state index in [1.165, 1.54) is 0 Å². The van der Waals surface area contributed by atoms with Gasteiger partial charge >= 0.3 is 0 Å². The average molecular weight is 321 g/mol. The van der Waals surface area contributed by atoms with Crippen molar-refractivity contribution >= 4 is 5.91 Å². The monoisotopic (exact) mass is 321 g/mol. The summed E-state index contributed by atoms with van der Waals surface area (Å²) in [5, 5.41) is 6.82. The molecule has 2 rings (SSSR count). The van der Waals surface area contributed by atoms with Crippen LogP contribution in [0.15, 0.2) is 17.2 Å². The molecule has 1 aliphatic heterocycles. The SMILES string of the molecule is C=CCNC(=O)CN1CCN(Cc2nc(CC(C)C)no2)CC1. The minimum Gasteiger partial charge on any atom is -0.352 e. The predicted molar refractivity (Wildman–Crippen MR) is 87.8 cm³/mol. The zero-order chi connectivity index (χ0) is 16.7.